The Kier molecular flexibility index (Phi) is 7.41. The van der Waals surface area contributed by atoms with E-state index in [2.05, 4.69) is 43.2 Å². The van der Waals surface area contributed by atoms with Gasteiger partial charge in [-0.05, 0) is 79.3 Å². The van der Waals surface area contributed by atoms with Crippen LogP contribution in [0.5, 0.6) is 0 Å². The number of carbonyl (C=O) groups is 1. The molecule has 1 aliphatic heterocycles. The van der Waals surface area contributed by atoms with Crippen molar-refractivity contribution >= 4 is 51.1 Å². The van der Waals surface area contributed by atoms with Crippen molar-refractivity contribution in [1.29, 1.82) is 0 Å². The second kappa shape index (κ2) is 10.7. The van der Waals surface area contributed by atoms with Gasteiger partial charge in [0.05, 0.1) is 16.4 Å². The Morgan fingerprint density at radius 2 is 1.89 bits per heavy atom. The van der Waals surface area contributed by atoms with Crippen LogP contribution in [0.4, 0.5) is 16.3 Å². The molecule has 1 unspecified atom stereocenters. The largest absolute Gasteiger partial charge is 0.444 e. The summed E-state index contributed by atoms with van der Waals surface area (Å²) in [7, 11) is 0. The second-order valence-electron chi connectivity index (χ2n) is 9.90. The Bertz CT molecular complexity index is 1390. The number of ether oxygens (including phenoxy) is 1. The lowest BCUT2D eigenvalue weighted by Gasteiger charge is -2.24. The molecule has 0 aliphatic carbocycles. The smallest absolute Gasteiger partial charge is 0.410 e. The van der Waals surface area contributed by atoms with Crippen LogP contribution in [-0.4, -0.2) is 50.3 Å². The molecule has 5 rings (SSSR count). The molecule has 0 saturated carbocycles. The molecule has 8 nitrogen and oxygen atoms in total. The quantitative estimate of drug-likeness (QED) is 0.251. The summed E-state index contributed by atoms with van der Waals surface area (Å²) in [5.74, 6) is 0.821. The summed E-state index contributed by atoms with van der Waals surface area (Å²) in [4.78, 5) is 19.9. The van der Waals surface area contributed by atoms with Gasteiger partial charge in [0, 0.05) is 41.3 Å². The van der Waals surface area contributed by atoms with E-state index in [9.17, 15) is 4.79 Å². The second-order valence-corrected chi connectivity index (χ2v) is 11.7. The van der Waals surface area contributed by atoms with Crippen LogP contribution in [-0.2, 0) is 4.74 Å². The number of benzene rings is 2. The molecule has 37 heavy (non-hydrogen) atoms. The first kappa shape index (κ1) is 25.6. The number of amides is 1. The predicted molar refractivity (Wildman–Crippen MR) is 151 cm³/mol. The van der Waals surface area contributed by atoms with Gasteiger partial charge in [-0.2, -0.15) is 9.61 Å². The highest BCUT2D eigenvalue weighted by Gasteiger charge is 2.29. The van der Waals surface area contributed by atoms with Crippen LogP contribution in [0.25, 0.3) is 16.9 Å². The number of hydrogen-bond acceptors (Lipinski definition) is 7. The number of rotatable bonds is 6. The fourth-order valence-electron chi connectivity index (χ4n) is 4.04. The van der Waals surface area contributed by atoms with Crippen LogP contribution in [0.1, 0.15) is 27.2 Å². The van der Waals surface area contributed by atoms with Crippen LogP contribution in [0.3, 0.4) is 0 Å². The Morgan fingerprint density at radius 3 is 2.62 bits per heavy atom. The van der Waals surface area contributed by atoms with Crippen molar-refractivity contribution in [3.63, 3.8) is 0 Å². The summed E-state index contributed by atoms with van der Waals surface area (Å²) < 4.78 is 11.6. The zero-order chi connectivity index (χ0) is 26.0. The van der Waals surface area contributed by atoms with Crippen molar-refractivity contribution in [3.05, 3.63) is 71.3 Å². The van der Waals surface area contributed by atoms with Gasteiger partial charge >= 0.3 is 6.09 Å². The van der Waals surface area contributed by atoms with E-state index < -0.39 is 5.60 Å². The summed E-state index contributed by atoms with van der Waals surface area (Å²) in [6.45, 7) is 7.00. The number of likely N-dealkylation sites (tertiary alicyclic amines) is 1. The van der Waals surface area contributed by atoms with E-state index in [0.29, 0.717) is 13.1 Å². The lowest BCUT2D eigenvalue weighted by atomic mass is 10.1. The maximum atomic E-state index is 12.3. The van der Waals surface area contributed by atoms with Crippen LogP contribution >= 0.6 is 27.9 Å². The molecule has 1 atom stereocenters. The van der Waals surface area contributed by atoms with E-state index in [1.165, 1.54) is 0 Å². The molecule has 192 valence electrons. The highest BCUT2D eigenvalue weighted by atomic mass is 79.9. The summed E-state index contributed by atoms with van der Waals surface area (Å²) in [5.41, 5.74) is 3.12. The Hall–Kier alpha value is -3.08. The lowest BCUT2D eigenvalue weighted by molar-refractivity contribution is 0.0292. The van der Waals surface area contributed by atoms with Crippen LogP contribution in [0.15, 0.2) is 76.2 Å². The van der Waals surface area contributed by atoms with Gasteiger partial charge in [-0.1, -0.05) is 30.3 Å². The van der Waals surface area contributed by atoms with Crippen LogP contribution in [0, 0.1) is 0 Å². The third-order valence-electron chi connectivity index (χ3n) is 5.81. The number of hydrogen-bond donors (Lipinski definition) is 2. The molecule has 2 N–H and O–H groups in total. The predicted octanol–water partition coefficient (Wildman–Crippen LogP) is 6.51. The minimum Gasteiger partial charge on any atom is -0.444 e. The number of nitrogens with zero attached hydrogens (tertiary/aromatic N) is 4. The minimum absolute atomic E-state index is 0.218. The van der Waals surface area contributed by atoms with Gasteiger partial charge in [-0.15, -0.1) is 0 Å². The molecule has 10 heteroatoms. The first-order chi connectivity index (χ1) is 17.7. The van der Waals surface area contributed by atoms with Crippen molar-refractivity contribution in [1.82, 2.24) is 24.2 Å². The normalized spacial score (nSPS) is 15.8. The monoisotopic (exact) mass is 580 g/mol. The first-order valence-electron chi connectivity index (χ1n) is 12.1. The van der Waals surface area contributed by atoms with E-state index in [-0.39, 0.29) is 12.1 Å². The van der Waals surface area contributed by atoms with E-state index in [1.54, 1.807) is 27.6 Å². The van der Waals surface area contributed by atoms with Gasteiger partial charge in [0.15, 0.2) is 5.65 Å². The topological polar surface area (TPSA) is 83.8 Å². The Morgan fingerprint density at radius 1 is 1.14 bits per heavy atom. The number of aromatic nitrogens is 3. The number of anilines is 2. The van der Waals surface area contributed by atoms with Gasteiger partial charge in [0.1, 0.15) is 11.4 Å². The van der Waals surface area contributed by atoms with Gasteiger partial charge < -0.3 is 15.0 Å². The fourth-order valence-corrected chi connectivity index (χ4v) is 5.15. The van der Waals surface area contributed by atoms with Crippen molar-refractivity contribution < 1.29 is 9.53 Å². The average molecular weight is 582 g/mol. The highest BCUT2D eigenvalue weighted by Crippen LogP contribution is 2.28. The van der Waals surface area contributed by atoms with Crippen molar-refractivity contribution in [2.75, 3.05) is 18.4 Å². The van der Waals surface area contributed by atoms with E-state index >= 15 is 0 Å². The number of nitrogens with one attached hydrogen (secondary N) is 2. The summed E-state index contributed by atoms with van der Waals surface area (Å²) in [6.07, 6.45) is 2.40. The highest BCUT2D eigenvalue weighted by molar-refractivity contribution is 9.10. The number of halogens is 1. The maximum Gasteiger partial charge on any atom is 0.410 e. The molecule has 0 radical (unpaired) electrons. The molecule has 2 aromatic heterocycles. The zero-order valence-corrected chi connectivity index (χ0v) is 23.3. The maximum absolute atomic E-state index is 12.3. The molecule has 0 spiro atoms. The van der Waals surface area contributed by atoms with Crippen molar-refractivity contribution in [2.24, 2.45) is 0 Å². The average Bonchev–Trinajstić information content (AvgIpc) is 3.50. The van der Waals surface area contributed by atoms with Gasteiger partial charge in [0.25, 0.3) is 0 Å². The zero-order valence-electron chi connectivity index (χ0n) is 20.9. The SMILES string of the molecule is CC(C)(C)OC(=O)N1CCC(NSc2ccc(Nc3cc(-c4ccccc4)nc4c(Br)cnn34)cc2)C1. The number of carbonyl (C=O) groups excluding carboxylic acids is 1. The lowest BCUT2D eigenvalue weighted by Crippen LogP contribution is -2.37. The van der Waals surface area contributed by atoms with E-state index in [0.717, 1.165) is 44.2 Å². The Labute approximate surface area is 229 Å². The van der Waals surface area contributed by atoms with Gasteiger partial charge in [0.2, 0.25) is 0 Å². The molecule has 0 bridgehead atoms. The molecule has 4 aromatic rings. The van der Waals surface area contributed by atoms with E-state index in [1.807, 2.05) is 69.3 Å². The third-order valence-corrected chi connectivity index (χ3v) is 7.33. The first-order valence-corrected chi connectivity index (χ1v) is 13.7. The number of fused-ring (bicyclic) bond motifs is 1. The van der Waals surface area contributed by atoms with Crippen LogP contribution < -0.4 is 10.0 Å². The minimum atomic E-state index is -0.480. The van der Waals surface area contributed by atoms with Gasteiger partial charge in [-0.3, -0.25) is 4.72 Å². The third kappa shape index (κ3) is 6.26. The van der Waals surface area contributed by atoms with Crippen molar-refractivity contribution in [3.8, 4) is 11.3 Å². The molecule has 2 aromatic carbocycles. The van der Waals surface area contributed by atoms with Crippen LogP contribution in [0.2, 0.25) is 0 Å². The Balaban J connectivity index is 1.23. The summed E-state index contributed by atoms with van der Waals surface area (Å²) in [5, 5.41) is 7.96. The van der Waals surface area contributed by atoms with E-state index in [4.69, 9.17) is 9.72 Å². The molecular weight excluding hydrogens is 552 g/mol. The molecule has 1 aliphatic rings. The van der Waals surface area contributed by atoms with Gasteiger partial charge in [-0.25, -0.2) is 9.78 Å². The summed E-state index contributed by atoms with van der Waals surface area (Å²) >= 11 is 5.13. The fraction of sp³-hybridized carbons (Fsp3) is 0.296. The standard InChI is InChI=1S/C27H29BrN6O2S/c1-27(2,3)36-26(35)33-14-13-20(17-33)32-37-21-11-9-19(10-12-21)30-24-15-23(18-7-5-4-6-8-18)31-25-22(28)16-29-34(24)25/h4-12,15-16,20,30,32H,13-14,17H2,1-3H3. The molecule has 3 heterocycles. The molecular formula is C27H29BrN6O2S. The molecule has 1 amide bonds. The molecule has 1 saturated heterocycles. The van der Waals surface area contributed by atoms with Crippen molar-refractivity contribution in [2.45, 2.75) is 43.7 Å². The summed E-state index contributed by atoms with van der Waals surface area (Å²) in [6, 6.07) is 20.5. The molecule has 1 fully saturated rings.